The number of nitrogens with one attached hydrogen (secondary N) is 3. The maximum atomic E-state index is 13.0. The first-order valence-electron chi connectivity index (χ1n) is 13.8. The summed E-state index contributed by atoms with van der Waals surface area (Å²) in [5.74, 6) is 0.507. The summed E-state index contributed by atoms with van der Waals surface area (Å²) >= 11 is 0. The number of aromatic nitrogens is 2. The van der Waals surface area contributed by atoms with Crippen molar-refractivity contribution in [3.63, 3.8) is 0 Å². The van der Waals surface area contributed by atoms with Crippen molar-refractivity contribution in [3.8, 4) is 6.07 Å². The van der Waals surface area contributed by atoms with Gasteiger partial charge < -0.3 is 30.2 Å². The van der Waals surface area contributed by atoms with Gasteiger partial charge in [0.05, 0.1) is 17.6 Å². The number of imidazole rings is 1. The minimum atomic E-state index is -0.342. The van der Waals surface area contributed by atoms with E-state index in [1.807, 2.05) is 12.1 Å². The van der Waals surface area contributed by atoms with Crippen LogP contribution in [0.1, 0.15) is 67.3 Å². The van der Waals surface area contributed by atoms with Crippen LogP contribution in [0.2, 0.25) is 0 Å². The summed E-state index contributed by atoms with van der Waals surface area (Å²) in [5.41, 5.74) is 3.22. The number of hydrogen-bond donors (Lipinski definition) is 3. The zero-order valence-corrected chi connectivity index (χ0v) is 21.9. The molecule has 0 spiro atoms. The first-order chi connectivity index (χ1) is 18.1. The Morgan fingerprint density at radius 3 is 2.68 bits per heavy atom. The Bertz CT molecular complexity index is 1100. The Morgan fingerprint density at radius 2 is 1.97 bits per heavy atom. The number of amides is 1. The van der Waals surface area contributed by atoms with Gasteiger partial charge in [-0.2, -0.15) is 5.26 Å². The summed E-state index contributed by atoms with van der Waals surface area (Å²) in [4.78, 5) is 24.8. The summed E-state index contributed by atoms with van der Waals surface area (Å²) in [7, 11) is 0. The van der Waals surface area contributed by atoms with Crippen LogP contribution in [-0.2, 0) is 10.3 Å². The molecule has 4 heterocycles. The number of nitrogens with zero attached hydrogens (tertiary/aromatic N) is 4. The average molecular weight is 506 g/mol. The largest absolute Gasteiger partial charge is 0.381 e. The molecule has 1 amide bonds. The number of carbonyl (C=O) groups excluding carboxylic acids is 1. The Kier molecular flexibility index (Phi) is 8.08. The molecule has 0 aliphatic carbocycles. The molecular formula is C28H39N7O2. The van der Waals surface area contributed by atoms with E-state index in [1.165, 1.54) is 37.7 Å². The second-order valence-electron chi connectivity index (χ2n) is 10.8. The van der Waals surface area contributed by atoms with Crippen molar-refractivity contribution >= 4 is 17.3 Å². The molecule has 37 heavy (non-hydrogen) atoms. The lowest BCUT2D eigenvalue weighted by atomic mass is 9.82. The summed E-state index contributed by atoms with van der Waals surface area (Å²) in [6.45, 7) is 10.1. The van der Waals surface area contributed by atoms with Crippen LogP contribution in [0.4, 0.5) is 11.4 Å². The average Bonchev–Trinajstić information content (AvgIpc) is 3.63. The number of nitriles is 1. The highest BCUT2D eigenvalue weighted by Gasteiger charge is 2.35. The second kappa shape index (κ2) is 11.6. The van der Waals surface area contributed by atoms with Gasteiger partial charge in [0, 0.05) is 44.9 Å². The zero-order valence-electron chi connectivity index (χ0n) is 21.9. The molecule has 3 aliphatic rings. The molecule has 198 valence electrons. The molecule has 0 saturated carbocycles. The van der Waals surface area contributed by atoms with Crippen molar-refractivity contribution in [1.29, 1.82) is 5.26 Å². The Morgan fingerprint density at radius 1 is 1.22 bits per heavy atom. The van der Waals surface area contributed by atoms with Gasteiger partial charge in [-0.3, -0.25) is 4.79 Å². The van der Waals surface area contributed by atoms with Gasteiger partial charge >= 0.3 is 0 Å². The highest BCUT2D eigenvalue weighted by atomic mass is 16.5. The molecule has 3 saturated heterocycles. The van der Waals surface area contributed by atoms with Crippen molar-refractivity contribution < 1.29 is 9.53 Å². The van der Waals surface area contributed by atoms with Crippen molar-refractivity contribution in [2.75, 3.05) is 62.7 Å². The van der Waals surface area contributed by atoms with Gasteiger partial charge in [-0.1, -0.05) is 13.0 Å². The van der Waals surface area contributed by atoms with Crippen LogP contribution >= 0.6 is 0 Å². The third-order valence-corrected chi connectivity index (χ3v) is 8.27. The number of ether oxygens (including phenoxy) is 1. The maximum absolute atomic E-state index is 13.0. The van der Waals surface area contributed by atoms with Crippen LogP contribution < -0.4 is 15.5 Å². The monoisotopic (exact) mass is 505 g/mol. The fourth-order valence-corrected chi connectivity index (χ4v) is 5.87. The maximum Gasteiger partial charge on any atom is 0.291 e. The van der Waals surface area contributed by atoms with Crippen LogP contribution in [-0.4, -0.2) is 73.3 Å². The molecule has 0 unspecified atom stereocenters. The summed E-state index contributed by atoms with van der Waals surface area (Å²) < 4.78 is 5.77. The van der Waals surface area contributed by atoms with E-state index >= 15 is 0 Å². The highest BCUT2D eigenvalue weighted by Crippen LogP contribution is 2.38. The highest BCUT2D eigenvalue weighted by molar-refractivity contribution is 6.03. The van der Waals surface area contributed by atoms with E-state index in [9.17, 15) is 4.79 Å². The number of H-pyrrole nitrogens is 1. The summed E-state index contributed by atoms with van der Waals surface area (Å²) in [6.07, 6.45) is 8.12. The number of piperidine rings is 1. The van der Waals surface area contributed by atoms with Crippen LogP contribution in [0.3, 0.4) is 0 Å². The summed E-state index contributed by atoms with van der Waals surface area (Å²) in [6, 6.07) is 8.46. The van der Waals surface area contributed by atoms with E-state index in [4.69, 9.17) is 10.00 Å². The molecule has 2 aromatic rings. The molecule has 1 aromatic carbocycles. The number of rotatable bonds is 8. The lowest BCUT2D eigenvalue weighted by molar-refractivity contribution is 0.0358. The van der Waals surface area contributed by atoms with Gasteiger partial charge in [-0.05, 0) is 75.2 Å². The Hall–Kier alpha value is -2.93. The van der Waals surface area contributed by atoms with Gasteiger partial charge in [0.15, 0.2) is 5.82 Å². The van der Waals surface area contributed by atoms with Crippen molar-refractivity contribution in [1.82, 2.24) is 20.2 Å². The molecule has 1 aromatic heterocycles. The normalized spacial score (nSPS) is 20.6. The van der Waals surface area contributed by atoms with Gasteiger partial charge in [0.2, 0.25) is 0 Å². The molecule has 3 fully saturated rings. The zero-order chi connectivity index (χ0) is 25.7. The fraction of sp³-hybridized carbons (Fsp3) is 0.607. The van der Waals surface area contributed by atoms with Crippen molar-refractivity contribution in [2.24, 2.45) is 5.92 Å². The lowest BCUT2D eigenvalue weighted by Crippen LogP contribution is -2.49. The van der Waals surface area contributed by atoms with Gasteiger partial charge in [0.1, 0.15) is 11.8 Å². The third-order valence-electron chi connectivity index (χ3n) is 8.27. The van der Waals surface area contributed by atoms with Crippen LogP contribution in [0.25, 0.3) is 0 Å². The molecule has 0 bridgehead atoms. The molecular weight excluding hydrogens is 466 g/mol. The minimum Gasteiger partial charge on any atom is -0.381 e. The van der Waals surface area contributed by atoms with Gasteiger partial charge in [-0.25, -0.2) is 4.98 Å². The van der Waals surface area contributed by atoms with Crippen LogP contribution in [0.15, 0.2) is 24.4 Å². The van der Waals surface area contributed by atoms with Gasteiger partial charge in [-0.15, -0.1) is 0 Å². The number of benzene rings is 1. The number of aromatic amines is 1. The molecule has 0 radical (unpaired) electrons. The van der Waals surface area contributed by atoms with Gasteiger partial charge in [0.25, 0.3) is 5.91 Å². The first-order valence-corrected chi connectivity index (χ1v) is 13.8. The first kappa shape index (κ1) is 25.7. The molecule has 3 aliphatic heterocycles. The number of anilines is 2. The molecule has 5 rings (SSSR count). The van der Waals surface area contributed by atoms with Crippen LogP contribution in [0.5, 0.6) is 0 Å². The van der Waals surface area contributed by atoms with E-state index in [-0.39, 0.29) is 23.0 Å². The van der Waals surface area contributed by atoms with E-state index in [0.29, 0.717) is 5.92 Å². The fourth-order valence-electron chi connectivity index (χ4n) is 5.87. The Balaban J connectivity index is 1.41. The standard InChI is InChI=1S/C28H39N7O2/c1-21-6-13-35(14-7-21)25-18-22(4-5-24(25)33-27(36)26-30-20-23(19-29)32-26)28(8-16-37-17-9-28)31-10-15-34-11-2-3-12-34/h4-5,18,20-21,31H,2-3,6-17H2,1H3,(H,30,32)(H,33,36). The van der Waals surface area contributed by atoms with E-state index in [1.54, 1.807) is 0 Å². The third kappa shape index (κ3) is 5.98. The van der Waals surface area contributed by atoms with E-state index in [2.05, 4.69) is 49.5 Å². The number of carbonyl (C=O) groups is 1. The predicted octanol–water partition coefficient (Wildman–Crippen LogP) is 3.46. The number of likely N-dealkylation sites (tertiary alicyclic amines) is 1. The van der Waals surface area contributed by atoms with E-state index < -0.39 is 0 Å². The lowest BCUT2D eigenvalue weighted by Gasteiger charge is -2.40. The SMILES string of the molecule is CC1CCN(c2cc(C3(NCCN4CCCC4)CCOCC3)ccc2NC(=O)c2ncc(C#N)[nH]2)CC1. The smallest absolute Gasteiger partial charge is 0.291 e. The molecule has 9 nitrogen and oxygen atoms in total. The molecule has 3 N–H and O–H groups in total. The van der Waals surface area contributed by atoms with Crippen molar-refractivity contribution in [2.45, 2.75) is 51.0 Å². The van der Waals surface area contributed by atoms with E-state index in [0.717, 1.165) is 76.5 Å². The number of hydrogen-bond acceptors (Lipinski definition) is 7. The van der Waals surface area contributed by atoms with Crippen molar-refractivity contribution in [3.05, 3.63) is 41.5 Å². The topological polar surface area (TPSA) is 109 Å². The molecule has 9 heteroatoms. The predicted molar refractivity (Wildman–Crippen MR) is 144 cm³/mol. The second-order valence-corrected chi connectivity index (χ2v) is 10.8. The Labute approximate surface area is 219 Å². The minimum absolute atomic E-state index is 0.138. The quantitative estimate of drug-likeness (QED) is 0.504. The molecule has 0 atom stereocenters. The summed E-state index contributed by atoms with van der Waals surface area (Å²) in [5, 5.41) is 16.1. The van der Waals surface area contributed by atoms with Crippen LogP contribution in [0, 0.1) is 17.2 Å².